The summed E-state index contributed by atoms with van der Waals surface area (Å²) in [6.45, 7) is 15.3. The fourth-order valence-electron chi connectivity index (χ4n) is 3.20. The van der Waals surface area contributed by atoms with E-state index < -0.39 is 34.9 Å². The first-order chi connectivity index (χ1) is 13.9. The van der Waals surface area contributed by atoms with Crippen molar-refractivity contribution in [2.75, 3.05) is 18.5 Å². The van der Waals surface area contributed by atoms with E-state index in [0.717, 1.165) is 11.3 Å². The maximum atomic E-state index is 13.3. The topological polar surface area (TPSA) is 85.9 Å². The van der Waals surface area contributed by atoms with E-state index in [-0.39, 0.29) is 6.42 Å². The number of amides is 1. The van der Waals surface area contributed by atoms with Gasteiger partial charge in [-0.15, -0.1) is 6.58 Å². The molecule has 1 aliphatic heterocycles. The van der Waals surface area contributed by atoms with Gasteiger partial charge in [-0.05, 0) is 59.2 Å². The van der Waals surface area contributed by atoms with Gasteiger partial charge in [-0.25, -0.2) is 9.59 Å². The zero-order chi connectivity index (χ0) is 22.6. The van der Waals surface area contributed by atoms with E-state index in [4.69, 9.17) is 14.2 Å². The highest BCUT2D eigenvalue weighted by Gasteiger charge is 2.55. The Morgan fingerprint density at radius 2 is 1.73 bits per heavy atom. The van der Waals surface area contributed by atoms with Gasteiger partial charge in [0.25, 0.3) is 0 Å². The summed E-state index contributed by atoms with van der Waals surface area (Å²) < 4.78 is 17.0. The van der Waals surface area contributed by atoms with Crippen molar-refractivity contribution in [1.29, 1.82) is 0 Å². The summed E-state index contributed by atoms with van der Waals surface area (Å²) in [5.74, 6) is -0.544. The Kier molecular flexibility index (Phi) is 7.18. The van der Waals surface area contributed by atoms with E-state index in [9.17, 15) is 9.59 Å². The van der Waals surface area contributed by atoms with Crippen molar-refractivity contribution in [3.8, 4) is 0 Å². The first kappa shape index (κ1) is 23.7. The molecule has 7 nitrogen and oxygen atoms in total. The number of hydrogen-bond acceptors (Lipinski definition) is 6. The molecule has 0 radical (unpaired) electrons. The molecule has 0 aliphatic carbocycles. The molecular formula is C23H34N2O5. The van der Waals surface area contributed by atoms with Gasteiger partial charge in [-0.3, -0.25) is 0 Å². The number of nitrogens with one attached hydrogen (secondary N) is 2. The zero-order valence-electron chi connectivity index (χ0n) is 18.8. The molecule has 2 atom stereocenters. The van der Waals surface area contributed by atoms with E-state index in [1.54, 1.807) is 47.6 Å². The minimum absolute atomic E-state index is 0.280. The molecule has 0 spiro atoms. The van der Waals surface area contributed by atoms with Crippen LogP contribution in [0.1, 0.15) is 59.6 Å². The van der Waals surface area contributed by atoms with E-state index in [1.807, 2.05) is 24.3 Å². The van der Waals surface area contributed by atoms with Crippen molar-refractivity contribution in [3.05, 3.63) is 42.5 Å². The van der Waals surface area contributed by atoms with Crippen LogP contribution in [0.3, 0.4) is 0 Å². The van der Waals surface area contributed by atoms with Crippen molar-refractivity contribution in [2.24, 2.45) is 0 Å². The summed E-state index contributed by atoms with van der Waals surface area (Å²) >= 11 is 0. The lowest BCUT2D eigenvalue weighted by Gasteiger charge is -2.36. The molecule has 1 aliphatic rings. The highest BCUT2D eigenvalue weighted by molar-refractivity contribution is 5.87. The number of esters is 1. The second kappa shape index (κ2) is 9.08. The van der Waals surface area contributed by atoms with Crippen molar-refractivity contribution in [3.63, 3.8) is 0 Å². The van der Waals surface area contributed by atoms with Crippen LogP contribution in [0.5, 0.6) is 0 Å². The van der Waals surface area contributed by atoms with E-state index in [0.29, 0.717) is 13.2 Å². The molecule has 7 heteroatoms. The lowest BCUT2D eigenvalue weighted by Crippen LogP contribution is -2.59. The largest absolute Gasteiger partial charge is 0.458 e. The number of anilines is 1. The van der Waals surface area contributed by atoms with Crippen molar-refractivity contribution in [2.45, 2.75) is 70.8 Å². The van der Waals surface area contributed by atoms with Crippen molar-refractivity contribution in [1.82, 2.24) is 5.32 Å². The average molecular weight is 419 g/mol. The molecule has 166 valence electrons. The van der Waals surface area contributed by atoms with Crippen LogP contribution in [0.2, 0.25) is 0 Å². The van der Waals surface area contributed by atoms with Gasteiger partial charge in [0, 0.05) is 18.7 Å². The molecule has 1 saturated heterocycles. The molecule has 1 aromatic rings. The molecule has 1 amide bonds. The summed E-state index contributed by atoms with van der Waals surface area (Å²) in [4.78, 5) is 25.9. The van der Waals surface area contributed by atoms with E-state index in [1.165, 1.54) is 0 Å². The van der Waals surface area contributed by atoms with Crippen LogP contribution in [0.25, 0.3) is 0 Å². The number of rotatable bonds is 6. The molecule has 1 fully saturated rings. The number of hydrogen-bond donors (Lipinski definition) is 2. The third kappa shape index (κ3) is 6.23. The number of carbonyl (C=O) groups is 2. The first-order valence-electron chi connectivity index (χ1n) is 10.2. The fraction of sp³-hybridized carbons (Fsp3) is 0.565. The summed E-state index contributed by atoms with van der Waals surface area (Å²) in [7, 11) is 0. The van der Waals surface area contributed by atoms with Crippen LogP contribution < -0.4 is 10.6 Å². The minimum atomic E-state index is -1.38. The molecule has 0 aromatic heterocycles. The van der Waals surface area contributed by atoms with Gasteiger partial charge in [0.15, 0.2) is 5.54 Å². The second-order valence-corrected chi connectivity index (χ2v) is 9.39. The summed E-state index contributed by atoms with van der Waals surface area (Å²) in [5.41, 5.74) is -1.12. The van der Waals surface area contributed by atoms with Crippen LogP contribution in [0, 0.1) is 0 Å². The van der Waals surface area contributed by atoms with Crippen LogP contribution in [-0.4, -0.2) is 42.0 Å². The van der Waals surface area contributed by atoms with E-state index in [2.05, 4.69) is 17.2 Å². The molecule has 1 aromatic carbocycles. The molecular weight excluding hydrogens is 384 g/mol. The van der Waals surface area contributed by atoms with Crippen molar-refractivity contribution < 1.29 is 23.8 Å². The lowest BCUT2D eigenvalue weighted by atomic mass is 9.86. The third-order valence-corrected chi connectivity index (χ3v) is 4.38. The van der Waals surface area contributed by atoms with Crippen molar-refractivity contribution >= 4 is 17.7 Å². The SMILES string of the molecule is C=CCNc1ccc([C@H]2OCC[C@@]2(NC(=O)OC(C)(C)C)C(=O)OC(C)(C)C)cc1. The maximum Gasteiger partial charge on any atom is 0.408 e. The zero-order valence-corrected chi connectivity index (χ0v) is 18.8. The van der Waals surface area contributed by atoms with Gasteiger partial charge < -0.3 is 24.8 Å². The van der Waals surface area contributed by atoms with Gasteiger partial charge in [0.2, 0.25) is 0 Å². The molecule has 30 heavy (non-hydrogen) atoms. The predicted octanol–water partition coefficient (Wildman–Crippen LogP) is 4.35. The standard InChI is InChI=1S/C23H34N2O5/c1-8-14-24-17-11-9-16(10-12-17)18-23(13-15-28-18,19(26)29-21(2,3)4)25-20(27)30-22(5,6)7/h8-12,18,24H,1,13-15H2,2-7H3,(H,25,27)/t18-,23+/m1/s1. The number of ether oxygens (including phenoxy) is 3. The Bertz CT molecular complexity index is 761. The Morgan fingerprint density at radius 3 is 2.27 bits per heavy atom. The minimum Gasteiger partial charge on any atom is -0.458 e. The molecule has 0 bridgehead atoms. The molecule has 1 heterocycles. The fourth-order valence-corrected chi connectivity index (χ4v) is 3.20. The quantitative estimate of drug-likeness (QED) is 0.528. The Morgan fingerprint density at radius 1 is 1.13 bits per heavy atom. The van der Waals surface area contributed by atoms with Crippen LogP contribution in [0.15, 0.2) is 36.9 Å². The van der Waals surface area contributed by atoms with Crippen LogP contribution in [-0.2, 0) is 19.0 Å². The smallest absolute Gasteiger partial charge is 0.408 e. The normalized spacial score (nSPS) is 21.6. The van der Waals surface area contributed by atoms with E-state index >= 15 is 0 Å². The summed E-state index contributed by atoms with van der Waals surface area (Å²) in [6, 6.07) is 7.54. The van der Waals surface area contributed by atoms with Gasteiger partial charge in [0.05, 0.1) is 6.61 Å². The predicted molar refractivity (Wildman–Crippen MR) is 116 cm³/mol. The number of alkyl carbamates (subject to hydrolysis) is 1. The van der Waals surface area contributed by atoms with Gasteiger partial charge in [0.1, 0.15) is 17.3 Å². The summed E-state index contributed by atoms with van der Waals surface area (Å²) in [6.07, 6.45) is 0.663. The number of carbonyl (C=O) groups excluding carboxylic acids is 2. The first-order valence-corrected chi connectivity index (χ1v) is 10.2. The average Bonchev–Trinajstić information content (AvgIpc) is 3.02. The Labute approximate surface area is 179 Å². The second-order valence-electron chi connectivity index (χ2n) is 9.39. The third-order valence-electron chi connectivity index (χ3n) is 4.38. The Balaban J connectivity index is 2.36. The van der Waals surface area contributed by atoms with Gasteiger partial charge >= 0.3 is 12.1 Å². The van der Waals surface area contributed by atoms with Crippen LogP contribution in [0.4, 0.5) is 10.5 Å². The molecule has 2 N–H and O–H groups in total. The van der Waals surface area contributed by atoms with Gasteiger partial charge in [-0.1, -0.05) is 18.2 Å². The summed E-state index contributed by atoms with van der Waals surface area (Å²) in [5, 5.41) is 5.98. The highest BCUT2D eigenvalue weighted by Crippen LogP contribution is 2.40. The molecule has 0 saturated carbocycles. The monoisotopic (exact) mass is 418 g/mol. The highest BCUT2D eigenvalue weighted by atomic mass is 16.6. The molecule has 0 unspecified atom stereocenters. The van der Waals surface area contributed by atoms with Crippen LogP contribution >= 0.6 is 0 Å². The maximum absolute atomic E-state index is 13.3. The lowest BCUT2D eigenvalue weighted by molar-refractivity contribution is -0.166. The Hall–Kier alpha value is -2.54. The van der Waals surface area contributed by atoms with Gasteiger partial charge in [-0.2, -0.15) is 0 Å². The molecule has 2 rings (SSSR count). The number of benzene rings is 1.